The molecule has 122 valence electrons. The number of aliphatic hydroxyl groups excluding tert-OH is 2. The summed E-state index contributed by atoms with van der Waals surface area (Å²) in [5, 5.41) is 20.7. The largest absolute Gasteiger partial charge is 0.395 e. The van der Waals surface area contributed by atoms with Crippen molar-refractivity contribution in [3.8, 4) is 0 Å². The van der Waals surface area contributed by atoms with Crippen molar-refractivity contribution >= 4 is 5.78 Å². The zero-order valence-corrected chi connectivity index (χ0v) is 13.6. The summed E-state index contributed by atoms with van der Waals surface area (Å²) in [6.07, 6.45) is 9.50. The van der Waals surface area contributed by atoms with Gasteiger partial charge < -0.3 is 10.2 Å². The van der Waals surface area contributed by atoms with Crippen LogP contribution in [-0.4, -0.2) is 28.7 Å². The van der Waals surface area contributed by atoms with Gasteiger partial charge in [0.2, 0.25) is 0 Å². The van der Waals surface area contributed by atoms with E-state index in [0.29, 0.717) is 23.5 Å². The van der Waals surface area contributed by atoms with E-state index >= 15 is 0 Å². The lowest BCUT2D eigenvalue weighted by molar-refractivity contribution is -0.133. The van der Waals surface area contributed by atoms with Crippen molar-refractivity contribution in [1.82, 2.24) is 0 Å². The van der Waals surface area contributed by atoms with E-state index in [-0.39, 0.29) is 23.5 Å². The van der Waals surface area contributed by atoms with Crippen LogP contribution in [0.15, 0.2) is 11.6 Å². The number of hydrogen-bond acceptors (Lipinski definition) is 3. The molecule has 0 radical (unpaired) electrons. The molecule has 6 atom stereocenters. The molecule has 0 saturated heterocycles. The van der Waals surface area contributed by atoms with Gasteiger partial charge in [0.15, 0.2) is 0 Å². The summed E-state index contributed by atoms with van der Waals surface area (Å²) in [7, 11) is 0. The molecular weight excluding hydrogens is 276 g/mol. The van der Waals surface area contributed by atoms with E-state index in [0.717, 1.165) is 56.9 Å². The van der Waals surface area contributed by atoms with Crippen LogP contribution in [0, 0.1) is 28.6 Å². The topological polar surface area (TPSA) is 57.5 Å². The third-order valence-electron chi connectivity index (χ3n) is 7.78. The van der Waals surface area contributed by atoms with E-state index in [2.05, 4.69) is 13.0 Å². The molecule has 3 fully saturated rings. The molecule has 0 aromatic carbocycles. The van der Waals surface area contributed by atoms with Crippen LogP contribution in [0.1, 0.15) is 58.3 Å². The normalized spacial score (nSPS) is 50.9. The third-order valence-corrected chi connectivity index (χ3v) is 7.78. The van der Waals surface area contributed by atoms with E-state index in [1.165, 1.54) is 0 Å². The smallest absolute Gasteiger partial charge is 0.139 e. The van der Waals surface area contributed by atoms with Crippen LogP contribution in [0.5, 0.6) is 0 Å². The summed E-state index contributed by atoms with van der Waals surface area (Å²) in [5.74, 6) is 1.93. The highest BCUT2D eigenvalue weighted by Crippen LogP contribution is 2.63. The minimum absolute atomic E-state index is 0.115. The van der Waals surface area contributed by atoms with Gasteiger partial charge in [0.05, 0.1) is 12.7 Å². The van der Waals surface area contributed by atoms with Crippen molar-refractivity contribution < 1.29 is 15.0 Å². The Kier molecular flexibility index (Phi) is 3.32. The van der Waals surface area contributed by atoms with Crippen molar-refractivity contribution in [3.63, 3.8) is 0 Å². The fourth-order valence-electron chi connectivity index (χ4n) is 6.61. The predicted molar refractivity (Wildman–Crippen MR) is 84.1 cm³/mol. The second-order valence-corrected chi connectivity index (χ2v) is 8.41. The van der Waals surface area contributed by atoms with E-state index < -0.39 is 0 Å². The van der Waals surface area contributed by atoms with Crippen molar-refractivity contribution in [2.75, 3.05) is 6.61 Å². The Labute approximate surface area is 132 Å². The van der Waals surface area contributed by atoms with E-state index in [1.54, 1.807) is 0 Å². The van der Waals surface area contributed by atoms with Crippen LogP contribution in [-0.2, 0) is 4.79 Å². The first-order valence-corrected chi connectivity index (χ1v) is 9.06. The number of Topliss-reactive ketones (excluding diaryl/α,β-unsaturated/α-hetero) is 1. The number of carbonyl (C=O) groups is 1. The zero-order valence-electron chi connectivity index (χ0n) is 13.6. The quantitative estimate of drug-likeness (QED) is 0.732. The van der Waals surface area contributed by atoms with Crippen molar-refractivity contribution in [1.29, 1.82) is 0 Å². The molecule has 0 bridgehead atoms. The first-order valence-electron chi connectivity index (χ1n) is 9.06. The Bertz CT molecular complexity index is 525. The van der Waals surface area contributed by atoms with Gasteiger partial charge in [-0.05, 0) is 68.3 Å². The van der Waals surface area contributed by atoms with Crippen LogP contribution < -0.4 is 0 Å². The molecule has 0 aromatic rings. The van der Waals surface area contributed by atoms with Crippen molar-refractivity contribution in [2.45, 2.75) is 64.4 Å². The molecule has 1 unspecified atom stereocenters. The van der Waals surface area contributed by atoms with Gasteiger partial charge in [-0.15, -0.1) is 0 Å². The molecule has 22 heavy (non-hydrogen) atoms. The Hall–Kier alpha value is -0.670. The minimum Gasteiger partial charge on any atom is -0.395 e. The van der Waals surface area contributed by atoms with Crippen LogP contribution in [0.4, 0.5) is 0 Å². The molecule has 0 heterocycles. The molecule has 4 aliphatic carbocycles. The van der Waals surface area contributed by atoms with Crippen LogP contribution in [0.2, 0.25) is 0 Å². The minimum atomic E-state index is -0.361. The Morgan fingerprint density at radius 1 is 1.23 bits per heavy atom. The standard InChI is InChI=1S/C19H28O3/c1-18-10-8-14-12(13(18)6-7-17(18)22)4-5-15-16(21)3-2-9-19(14,15)11-20/h5,12-14,16,20-21H,2-4,6-11H2,1H3/t12-,13-,14+,16?,18-,19-/m0/s1. The number of hydrogen-bond donors (Lipinski definition) is 2. The maximum absolute atomic E-state index is 12.4. The summed E-state index contributed by atoms with van der Waals surface area (Å²) >= 11 is 0. The molecule has 3 nitrogen and oxygen atoms in total. The maximum atomic E-state index is 12.4. The molecule has 0 aliphatic heterocycles. The number of ketones is 1. The lowest BCUT2D eigenvalue weighted by Gasteiger charge is -2.57. The van der Waals surface area contributed by atoms with Gasteiger partial charge in [0.1, 0.15) is 5.78 Å². The van der Waals surface area contributed by atoms with Gasteiger partial charge in [-0.2, -0.15) is 0 Å². The van der Waals surface area contributed by atoms with E-state index in [1.807, 2.05) is 0 Å². The fourth-order valence-corrected chi connectivity index (χ4v) is 6.61. The molecule has 3 heteroatoms. The number of fused-ring (bicyclic) bond motifs is 5. The predicted octanol–water partition coefficient (Wildman–Crippen LogP) is 2.85. The Morgan fingerprint density at radius 3 is 2.82 bits per heavy atom. The monoisotopic (exact) mass is 304 g/mol. The first-order chi connectivity index (χ1) is 10.5. The van der Waals surface area contributed by atoms with Crippen LogP contribution in [0.25, 0.3) is 0 Å². The van der Waals surface area contributed by atoms with Crippen LogP contribution >= 0.6 is 0 Å². The van der Waals surface area contributed by atoms with Gasteiger partial charge >= 0.3 is 0 Å². The van der Waals surface area contributed by atoms with Crippen molar-refractivity contribution in [2.24, 2.45) is 28.6 Å². The second-order valence-electron chi connectivity index (χ2n) is 8.41. The second kappa shape index (κ2) is 4.91. The summed E-state index contributed by atoms with van der Waals surface area (Å²) < 4.78 is 0. The molecule has 3 saturated carbocycles. The van der Waals surface area contributed by atoms with Gasteiger partial charge in [-0.1, -0.05) is 13.0 Å². The zero-order chi connectivity index (χ0) is 15.5. The van der Waals surface area contributed by atoms with E-state index in [9.17, 15) is 15.0 Å². The number of allylic oxidation sites excluding steroid dienone is 1. The van der Waals surface area contributed by atoms with Gasteiger partial charge in [0.25, 0.3) is 0 Å². The van der Waals surface area contributed by atoms with E-state index in [4.69, 9.17) is 0 Å². The van der Waals surface area contributed by atoms with Crippen molar-refractivity contribution in [3.05, 3.63) is 11.6 Å². The fraction of sp³-hybridized carbons (Fsp3) is 0.842. The average molecular weight is 304 g/mol. The lowest BCUT2D eigenvalue weighted by Crippen LogP contribution is -2.54. The molecular formula is C19H28O3. The number of rotatable bonds is 1. The highest BCUT2D eigenvalue weighted by molar-refractivity contribution is 5.87. The molecule has 4 rings (SSSR count). The van der Waals surface area contributed by atoms with Crippen LogP contribution in [0.3, 0.4) is 0 Å². The molecule has 4 aliphatic rings. The highest BCUT2D eigenvalue weighted by atomic mass is 16.3. The van der Waals surface area contributed by atoms with Gasteiger partial charge in [0, 0.05) is 17.3 Å². The number of carbonyl (C=O) groups excluding carboxylic acids is 1. The van der Waals surface area contributed by atoms with Gasteiger partial charge in [-0.25, -0.2) is 0 Å². The molecule has 0 amide bonds. The first kappa shape index (κ1) is 14.9. The highest BCUT2D eigenvalue weighted by Gasteiger charge is 2.60. The average Bonchev–Trinajstić information content (AvgIpc) is 2.83. The molecule has 0 aromatic heterocycles. The molecule has 2 N–H and O–H groups in total. The van der Waals surface area contributed by atoms with Gasteiger partial charge in [-0.3, -0.25) is 4.79 Å². The number of aliphatic hydroxyl groups is 2. The summed E-state index contributed by atoms with van der Waals surface area (Å²) in [6, 6.07) is 0. The Balaban J connectivity index is 1.74. The SMILES string of the molecule is C[C@]12CC[C@@H]3[C@@H](CC=C4C(O)CCC[C@@]43CO)[C@@H]1CCC2=O. The lowest BCUT2D eigenvalue weighted by atomic mass is 9.47. The Morgan fingerprint density at radius 2 is 2.05 bits per heavy atom. The molecule has 0 spiro atoms. The third kappa shape index (κ3) is 1.73. The summed E-state index contributed by atoms with van der Waals surface area (Å²) in [5.41, 5.74) is 0.805. The maximum Gasteiger partial charge on any atom is 0.139 e. The summed E-state index contributed by atoms with van der Waals surface area (Å²) in [4.78, 5) is 12.4. The summed E-state index contributed by atoms with van der Waals surface area (Å²) in [6.45, 7) is 2.35.